The molecule has 3 aromatic rings. The van der Waals surface area contributed by atoms with Crippen LogP contribution in [0, 0.1) is 11.3 Å². The first kappa shape index (κ1) is 29.6. The lowest BCUT2D eigenvalue weighted by Crippen LogP contribution is -2.53. The van der Waals surface area contributed by atoms with Crippen LogP contribution < -0.4 is 15.5 Å². The molecule has 1 aromatic heterocycles. The molecule has 2 heterocycles. The van der Waals surface area contributed by atoms with Crippen molar-refractivity contribution in [3.63, 3.8) is 0 Å². The average molecular weight is 565 g/mol. The standard InChI is InChI=1S/C30H31F3N6O2/c1-21(23-9-7-22(15-34)8-10-23)16-35-18-26(24-5-3-2-4-6-24)29(41)37-27-12-11-25(17-36-27)38-13-14-39(28(40)19-38)20-30(31,32)33/h2-12,17,21,26,35H,13-14,16,18-20H2,1H3,(H,36,37,41)/t21-,26?/m1/s1. The van der Waals surface area contributed by atoms with Gasteiger partial charge in [-0.05, 0) is 41.3 Å². The number of carbonyl (C=O) groups is 2. The number of nitrogens with zero attached hydrogens (tertiary/aromatic N) is 4. The van der Waals surface area contributed by atoms with Crippen LogP contribution in [0.3, 0.4) is 0 Å². The Hall–Kier alpha value is -4.43. The third-order valence-corrected chi connectivity index (χ3v) is 6.98. The highest BCUT2D eigenvalue weighted by molar-refractivity contribution is 5.95. The highest BCUT2D eigenvalue weighted by Crippen LogP contribution is 2.23. The summed E-state index contributed by atoms with van der Waals surface area (Å²) in [5.74, 6) is -0.847. The first-order valence-corrected chi connectivity index (χ1v) is 13.2. The van der Waals surface area contributed by atoms with Gasteiger partial charge in [-0.15, -0.1) is 0 Å². The number of nitrogens with one attached hydrogen (secondary N) is 2. The van der Waals surface area contributed by atoms with Crippen LogP contribution >= 0.6 is 0 Å². The lowest BCUT2D eigenvalue weighted by molar-refractivity contribution is -0.161. The summed E-state index contributed by atoms with van der Waals surface area (Å²) < 4.78 is 38.0. The number of rotatable bonds is 10. The molecule has 2 aromatic carbocycles. The molecule has 0 saturated carbocycles. The van der Waals surface area contributed by atoms with Crippen molar-refractivity contribution >= 4 is 23.3 Å². The summed E-state index contributed by atoms with van der Waals surface area (Å²) in [6, 6.07) is 22.3. The SMILES string of the molecule is C[C@H](CNCC(C(=O)Nc1ccc(N2CCN(CC(F)(F)F)C(=O)C2)cn1)c1ccccc1)c1ccc(C#N)cc1. The number of pyridine rings is 1. The van der Waals surface area contributed by atoms with Crippen LogP contribution in [0.2, 0.25) is 0 Å². The van der Waals surface area contributed by atoms with Gasteiger partial charge in [0.2, 0.25) is 11.8 Å². The zero-order valence-corrected chi connectivity index (χ0v) is 22.6. The van der Waals surface area contributed by atoms with E-state index in [0.717, 1.165) is 16.0 Å². The smallest absolute Gasteiger partial charge is 0.359 e. The van der Waals surface area contributed by atoms with E-state index in [1.54, 1.807) is 29.2 Å². The number of amides is 2. The molecular formula is C30H31F3N6O2. The number of hydrogen-bond donors (Lipinski definition) is 2. The van der Waals surface area contributed by atoms with Crippen LogP contribution in [0.5, 0.6) is 0 Å². The Labute approximate surface area is 236 Å². The summed E-state index contributed by atoms with van der Waals surface area (Å²) in [4.78, 5) is 32.3. The second kappa shape index (κ2) is 13.3. The lowest BCUT2D eigenvalue weighted by atomic mass is 9.96. The third kappa shape index (κ3) is 8.28. The number of halogens is 3. The molecule has 2 atom stereocenters. The van der Waals surface area contributed by atoms with E-state index in [-0.39, 0.29) is 31.5 Å². The number of benzene rings is 2. The summed E-state index contributed by atoms with van der Waals surface area (Å²) in [7, 11) is 0. The fourth-order valence-electron chi connectivity index (χ4n) is 4.67. The van der Waals surface area contributed by atoms with Gasteiger partial charge in [-0.1, -0.05) is 49.4 Å². The van der Waals surface area contributed by atoms with Crippen molar-refractivity contribution in [1.29, 1.82) is 5.26 Å². The Kier molecular flexibility index (Phi) is 9.57. The quantitative estimate of drug-likeness (QED) is 0.381. The fourth-order valence-corrected chi connectivity index (χ4v) is 4.67. The molecule has 0 aliphatic carbocycles. The number of nitriles is 1. The van der Waals surface area contributed by atoms with E-state index in [1.165, 1.54) is 6.20 Å². The minimum Gasteiger partial charge on any atom is -0.359 e. The summed E-state index contributed by atoms with van der Waals surface area (Å²) in [5.41, 5.74) is 3.12. The molecule has 41 heavy (non-hydrogen) atoms. The topological polar surface area (TPSA) is 101 Å². The monoisotopic (exact) mass is 564 g/mol. The number of carbonyl (C=O) groups excluding carboxylic acids is 2. The van der Waals surface area contributed by atoms with Crippen molar-refractivity contribution < 1.29 is 22.8 Å². The minimum atomic E-state index is -4.43. The van der Waals surface area contributed by atoms with E-state index >= 15 is 0 Å². The maximum atomic E-state index is 13.3. The van der Waals surface area contributed by atoms with Crippen molar-refractivity contribution in [2.45, 2.75) is 24.9 Å². The molecule has 1 fully saturated rings. The molecule has 8 nitrogen and oxygen atoms in total. The van der Waals surface area contributed by atoms with Crippen molar-refractivity contribution in [1.82, 2.24) is 15.2 Å². The van der Waals surface area contributed by atoms with E-state index in [1.807, 2.05) is 42.5 Å². The maximum Gasteiger partial charge on any atom is 0.406 e. The number of hydrogen-bond acceptors (Lipinski definition) is 6. The molecule has 0 bridgehead atoms. The highest BCUT2D eigenvalue weighted by Gasteiger charge is 2.35. The fraction of sp³-hybridized carbons (Fsp3) is 0.333. The Balaban J connectivity index is 1.35. The van der Waals surface area contributed by atoms with Crippen LogP contribution in [0.1, 0.15) is 35.4 Å². The van der Waals surface area contributed by atoms with Gasteiger partial charge in [-0.25, -0.2) is 4.98 Å². The largest absolute Gasteiger partial charge is 0.406 e. The first-order chi connectivity index (χ1) is 19.6. The second-order valence-corrected chi connectivity index (χ2v) is 10.00. The van der Waals surface area contributed by atoms with Crippen molar-refractivity contribution in [2.24, 2.45) is 0 Å². The first-order valence-electron chi connectivity index (χ1n) is 13.2. The normalized spacial score (nSPS) is 15.2. The predicted octanol–water partition coefficient (Wildman–Crippen LogP) is 4.28. The Morgan fingerprint density at radius 3 is 2.37 bits per heavy atom. The number of piperazine rings is 1. The van der Waals surface area contributed by atoms with E-state index in [0.29, 0.717) is 30.2 Å². The van der Waals surface area contributed by atoms with Gasteiger partial charge in [0.15, 0.2) is 0 Å². The summed E-state index contributed by atoms with van der Waals surface area (Å²) in [5, 5.41) is 15.3. The van der Waals surface area contributed by atoms with E-state index in [4.69, 9.17) is 5.26 Å². The van der Waals surface area contributed by atoms with Crippen LogP contribution in [-0.2, 0) is 9.59 Å². The molecule has 11 heteroatoms. The van der Waals surface area contributed by atoms with Gasteiger partial charge >= 0.3 is 6.18 Å². The molecule has 1 aliphatic rings. The van der Waals surface area contributed by atoms with Crippen molar-refractivity contribution in [2.75, 3.05) is 49.5 Å². The van der Waals surface area contributed by atoms with Gasteiger partial charge in [0.25, 0.3) is 0 Å². The number of aromatic nitrogens is 1. The van der Waals surface area contributed by atoms with Gasteiger partial charge in [0, 0.05) is 26.2 Å². The molecule has 1 aliphatic heterocycles. The van der Waals surface area contributed by atoms with Crippen molar-refractivity contribution in [3.05, 3.63) is 89.6 Å². The summed E-state index contributed by atoms with van der Waals surface area (Å²) in [6.07, 6.45) is -2.94. The van der Waals surface area contributed by atoms with E-state index < -0.39 is 24.5 Å². The second-order valence-electron chi connectivity index (χ2n) is 10.00. The number of anilines is 2. The third-order valence-electron chi connectivity index (χ3n) is 6.98. The van der Waals surface area contributed by atoms with Gasteiger partial charge < -0.3 is 20.4 Å². The summed E-state index contributed by atoms with van der Waals surface area (Å²) >= 11 is 0. The molecular weight excluding hydrogens is 533 g/mol. The molecule has 2 N–H and O–H groups in total. The van der Waals surface area contributed by atoms with Gasteiger partial charge in [0.05, 0.1) is 36.0 Å². The van der Waals surface area contributed by atoms with Crippen LogP contribution in [-0.4, -0.2) is 67.1 Å². The lowest BCUT2D eigenvalue weighted by Gasteiger charge is -2.35. The van der Waals surface area contributed by atoms with Crippen molar-refractivity contribution in [3.8, 4) is 6.07 Å². The Morgan fingerprint density at radius 1 is 1.02 bits per heavy atom. The molecule has 1 unspecified atom stereocenters. The zero-order chi connectivity index (χ0) is 29.4. The average Bonchev–Trinajstić information content (AvgIpc) is 2.96. The number of alkyl halides is 3. The molecule has 2 amide bonds. The summed E-state index contributed by atoms with van der Waals surface area (Å²) in [6.45, 7) is 1.87. The van der Waals surface area contributed by atoms with E-state index in [9.17, 15) is 22.8 Å². The Bertz CT molecular complexity index is 1360. The molecule has 0 spiro atoms. The van der Waals surface area contributed by atoms with Gasteiger partial charge in [0.1, 0.15) is 12.4 Å². The minimum absolute atomic E-state index is 0.0353. The van der Waals surface area contributed by atoms with E-state index in [2.05, 4.69) is 28.6 Å². The van der Waals surface area contributed by atoms with Crippen LogP contribution in [0.25, 0.3) is 0 Å². The molecule has 214 valence electrons. The molecule has 1 saturated heterocycles. The van der Waals surface area contributed by atoms with Gasteiger partial charge in [-0.3, -0.25) is 9.59 Å². The van der Waals surface area contributed by atoms with Gasteiger partial charge in [-0.2, -0.15) is 18.4 Å². The van der Waals surface area contributed by atoms with Crippen LogP contribution in [0.4, 0.5) is 24.7 Å². The highest BCUT2D eigenvalue weighted by atomic mass is 19.4. The van der Waals surface area contributed by atoms with Crippen LogP contribution in [0.15, 0.2) is 72.9 Å². The maximum absolute atomic E-state index is 13.3. The molecule has 4 rings (SSSR count). The predicted molar refractivity (Wildman–Crippen MR) is 149 cm³/mol. The Morgan fingerprint density at radius 2 is 1.76 bits per heavy atom. The zero-order valence-electron chi connectivity index (χ0n) is 22.6. The molecule has 0 radical (unpaired) electrons.